The molecule has 148 valence electrons. The van der Waals surface area contributed by atoms with E-state index in [0.717, 1.165) is 6.07 Å². The van der Waals surface area contributed by atoms with E-state index in [2.05, 4.69) is 10.1 Å². The van der Waals surface area contributed by atoms with Crippen molar-refractivity contribution < 1.29 is 32.2 Å². The maximum absolute atomic E-state index is 13.6. The summed E-state index contributed by atoms with van der Waals surface area (Å²) in [5.41, 5.74) is 0.568. The van der Waals surface area contributed by atoms with Crippen LogP contribution in [0.3, 0.4) is 0 Å². The summed E-state index contributed by atoms with van der Waals surface area (Å²) in [6, 6.07) is 7.66. The average Bonchev–Trinajstić information content (AvgIpc) is 2.67. The highest BCUT2D eigenvalue weighted by atomic mass is 19.2. The number of hydrogen-bond acceptors (Lipinski definition) is 4. The van der Waals surface area contributed by atoms with Crippen molar-refractivity contribution in [3.63, 3.8) is 0 Å². The summed E-state index contributed by atoms with van der Waals surface area (Å²) < 4.78 is 49.7. The summed E-state index contributed by atoms with van der Waals surface area (Å²) in [6.07, 6.45) is 2.78. The number of rotatable bonds is 8. The standard InChI is InChI=1S/C20H18F3NO4/c1-2-27-20(26)11-24-19(25)8-5-13-3-6-15(7-4-13)28-12-14-9-17(22)18(23)10-16(14)21/h3-10H,2,11-12H2,1H3,(H,24,25)/b8-5+. The number of nitrogens with one attached hydrogen (secondary N) is 1. The van der Waals surface area contributed by atoms with Gasteiger partial charge in [-0.1, -0.05) is 12.1 Å². The lowest BCUT2D eigenvalue weighted by atomic mass is 10.2. The molecule has 8 heteroatoms. The molecule has 0 atom stereocenters. The fourth-order valence-corrected chi connectivity index (χ4v) is 2.11. The smallest absolute Gasteiger partial charge is 0.325 e. The predicted molar refractivity (Wildman–Crippen MR) is 95.8 cm³/mol. The zero-order valence-corrected chi connectivity index (χ0v) is 15.0. The summed E-state index contributed by atoms with van der Waals surface area (Å²) in [5.74, 6) is -3.91. The van der Waals surface area contributed by atoms with Gasteiger partial charge in [-0.05, 0) is 36.8 Å². The molecule has 2 rings (SSSR count). The Morgan fingerprint density at radius 2 is 1.71 bits per heavy atom. The number of carbonyl (C=O) groups is 2. The van der Waals surface area contributed by atoms with E-state index >= 15 is 0 Å². The normalized spacial score (nSPS) is 10.7. The second-order valence-electron chi connectivity index (χ2n) is 5.57. The first-order valence-corrected chi connectivity index (χ1v) is 8.37. The summed E-state index contributed by atoms with van der Waals surface area (Å²) >= 11 is 0. The molecule has 28 heavy (non-hydrogen) atoms. The monoisotopic (exact) mass is 393 g/mol. The lowest BCUT2D eigenvalue weighted by Crippen LogP contribution is -2.29. The third-order valence-electron chi connectivity index (χ3n) is 3.50. The molecule has 0 bridgehead atoms. The molecule has 0 aliphatic heterocycles. The van der Waals surface area contributed by atoms with E-state index in [1.807, 2.05) is 0 Å². The van der Waals surface area contributed by atoms with Gasteiger partial charge in [0.2, 0.25) is 5.91 Å². The fourth-order valence-electron chi connectivity index (χ4n) is 2.11. The first-order valence-electron chi connectivity index (χ1n) is 8.37. The van der Waals surface area contributed by atoms with Crippen LogP contribution in [-0.2, 0) is 20.9 Å². The Labute approximate surface area is 159 Å². The number of hydrogen-bond donors (Lipinski definition) is 1. The van der Waals surface area contributed by atoms with E-state index < -0.39 is 29.3 Å². The van der Waals surface area contributed by atoms with Crippen LogP contribution in [0.25, 0.3) is 6.08 Å². The van der Waals surface area contributed by atoms with Gasteiger partial charge < -0.3 is 14.8 Å². The van der Waals surface area contributed by atoms with Crippen LogP contribution < -0.4 is 10.1 Å². The number of amides is 1. The van der Waals surface area contributed by atoms with Gasteiger partial charge in [0.1, 0.15) is 24.7 Å². The maximum Gasteiger partial charge on any atom is 0.325 e. The molecule has 1 N–H and O–H groups in total. The van der Waals surface area contributed by atoms with Gasteiger partial charge in [-0.3, -0.25) is 9.59 Å². The van der Waals surface area contributed by atoms with E-state index in [1.54, 1.807) is 31.2 Å². The van der Waals surface area contributed by atoms with Crippen molar-refractivity contribution >= 4 is 18.0 Å². The van der Waals surface area contributed by atoms with E-state index in [4.69, 9.17) is 4.74 Å². The summed E-state index contributed by atoms with van der Waals surface area (Å²) in [5, 5.41) is 2.38. The highest BCUT2D eigenvalue weighted by Crippen LogP contribution is 2.18. The van der Waals surface area contributed by atoms with Crippen LogP contribution in [0.2, 0.25) is 0 Å². The number of benzene rings is 2. The Balaban J connectivity index is 1.87. The van der Waals surface area contributed by atoms with Crippen molar-refractivity contribution in [3.8, 4) is 5.75 Å². The number of carbonyl (C=O) groups excluding carboxylic acids is 2. The van der Waals surface area contributed by atoms with Gasteiger partial charge in [-0.25, -0.2) is 13.2 Å². The third kappa shape index (κ3) is 6.46. The first-order chi connectivity index (χ1) is 13.4. The van der Waals surface area contributed by atoms with Gasteiger partial charge in [0.15, 0.2) is 11.6 Å². The van der Waals surface area contributed by atoms with Crippen LogP contribution >= 0.6 is 0 Å². The molecule has 0 heterocycles. The molecule has 0 spiro atoms. The molecule has 0 aromatic heterocycles. The fraction of sp³-hybridized carbons (Fsp3) is 0.200. The van der Waals surface area contributed by atoms with E-state index in [9.17, 15) is 22.8 Å². The molecular weight excluding hydrogens is 375 g/mol. The zero-order valence-electron chi connectivity index (χ0n) is 15.0. The molecule has 0 saturated carbocycles. The molecule has 2 aromatic rings. The number of esters is 1. The summed E-state index contributed by atoms with van der Waals surface area (Å²) in [6.45, 7) is 1.42. The van der Waals surface area contributed by atoms with Gasteiger partial charge >= 0.3 is 5.97 Å². The topological polar surface area (TPSA) is 64.6 Å². The number of halogens is 3. The molecule has 0 radical (unpaired) electrons. The Hall–Kier alpha value is -3.29. The Kier molecular flexibility index (Phi) is 7.62. The Morgan fingerprint density at radius 3 is 2.39 bits per heavy atom. The van der Waals surface area contributed by atoms with Crippen LogP contribution in [0.5, 0.6) is 5.75 Å². The molecule has 0 fully saturated rings. The van der Waals surface area contributed by atoms with Crippen LogP contribution in [0.15, 0.2) is 42.5 Å². The SMILES string of the molecule is CCOC(=O)CNC(=O)/C=C/c1ccc(OCc2cc(F)c(F)cc2F)cc1. The number of ether oxygens (including phenoxy) is 2. The maximum atomic E-state index is 13.6. The second-order valence-corrected chi connectivity index (χ2v) is 5.57. The average molecular weight is 393 g/mol. The largest absolute Gasteiger partial charge is 0.489 e. The first kappa shape index (κ1) is 21.0. The lowest BCUT2D eigenvalue weighted by molar-refractivity contribution is -0.143. The minimum atomic E-state index is -1.26. The van der Waals surface area contributed by atoms with Gasteiger partial charge in [-0.2, -0.15) is 0 Å². The van der Waals surface area contributed by atoms with Crippen LogP contribution in [0.1, 0.15) is 18.1 Å². The molecule has 0 aliphatic carbocycles. The quantitative estimate of drug-likeness (QED) is 0.424. The molecule has 5 nitrogen and oxygen atoms in total. The van der Waals surface area contributed by atoms with Crippen molar-refractivity contribution in [2.75, 3.05) is 13.2 Å². The molecular formula is C20H18F3NO4. The minimum absolute atomic E-state index is 0.110. The van der Waals surface area contributed by atoms with E-state index in [1.165, 1.54) is 12.2 Å². The van der Waals surface area contributed by atoms with Crippen LogP contribution in [-0.4, -0.2) is 25.0 Å². The highest BCUT2D eigenvalue weighted by molar-refractivity contribution is 5.93. The van der Waals surface area contributed by atoms with Gasteiger partial charge in [0.05, 0.1) is 6.61 Å². The molecule has 2 aromatic carbocycles. The molecule has 0 aliphatic rings. The zero-order chi connectivity index (χ0) is 20.5. The minimum Gasteiger partial charge on any atom is -0.489 e. The summed E-state index contributed by atoms with van der Waals surface area (Å²) in [7, 11) is 0. The predicted octanol–water partition coefficient (Wildman–Crippen LogP) is 3.38. The summed E-state index contributed by atoms with van der Waals surface area (Å²) in [4.78, 5) is 22.8. The van der Waals surface area contributed by atoms with Gasteiger partial charge in [-0.15, -0.1) is 0 Å². The van der Waals surface area contributed by atoms with Crippen LogP contribution in [0, 0.1) is 17.5 Å². The Bertz CT molecular complexity index is 866. The van der Waals surface area contributed by atoms with Gasteiger partial charge in [0, 0.05) is 17.7 Å². The lowest BCUT2D eigenvalue weighted by Gasteiger charge is -2.08. The second kappa shape index (κ2) is 10.1. The van der Waals surface area contributed by atoms with Crippen molar-refractivity contribution in [2.45, 2.75) is 13.5 Å². The van der Waals surface area contributed by atoms with E-state index in [-0.39, 0.29) is 25.3 Å². The van der Waals surface area contributed by atoms with Gasteiger partial charge in [0.25, 0.3) is 0 Å². The Morgan fingerprint density at radius 1 is 1.04 bits per heavy atom. The molecule has 0 saturated heterocycles. The van der Waals surface area contributed by atoms with Crippen molar-refractivity contribution in [2.24, 2.45) is 0 Å². The van der Waals surface area contributed by atoms with Crippen LogP contribution in [0.4, 0.5) is 13.2 Å². The van der Waals surface area contributed by atoms with Crippen molar-refractivity contribution in [1.29, 1.82) is 0 Å². The third-order valence-corrected chi connectivity index (χ3v) is 3.50. The highest BCUT2D eigenvalue weighted by Gasteiger charge is 2.10. The van der Waals surface area contributed by atoms with Crippen molar-refractivity contribution in [3.05, 3.63) is 71.1 Å². The molecule has 1 amide bonds. The van der Waals surface area contributed by atoms with E-state index in [0.29, 0.717) is 17.4 Å². The van der Waals surface area contributed by atoms with Crippen molar-refractivity contribution in [1.82, 2.24) is 5.32 Å². The molecule has 0 unspecified atom stereocenters.